The van der Waals surface area contributed by atoms with Crippen molar-refractivity contribution in [1.82, 2.24) is 9.97 Å². The fraction of sp³-hybridized carbons (Fsp3) is 0.0556. The Hall–Kier alpha value is -2.81. The summed E-state index contributed by atoms with van der Waals surface area (Å²) in [6, 6.07) is 17.6. The molecule has 2 aromatic carbocycles. The number of hydrogen-bond donors (Lipinski definition) is 0. The van der Waals surface area contributed by atoms with Gasteiger partial charge < -0.3 is 0 Å². The Kier molecular flexibility index (Phi) is 3.56. The van der Waals surface area contributed by atoms with Crippen molar-refractivity contribution in [2.75, 3.05) is 0 Å². The summed E-state index contributed by atoms with van der Waals surface area (Å²) in [5, 5.41) is 0. The predicted molar refractivity (Wildman–Crippen MR) is 82.9 cm³/mol. The second kappa shape index (κ2) is 5.67. The number of carbonyl (C=O) groups excluding carboxylic acids is 1. The van der Waals surface area contributed by atoms with Crippen molar-refractivity contribution < 1.29 is 4.79 Å². The van der Waals surface area contributed by atoms with E-state index in [0.29, 0.717) is 0 Å². The molecule has 0 spiro atoms. The number of Topliss-reactive ketones (excluding diaryl/α,β-unsaturated/α-hetero) is 1. The summed E-state index contributed by atoms with van der Waals surface area (Å²) in [6.07, 6.45) is 3.28. The van der Waals surface area contributed by atoms with E-state index in [9.17, 15) is 4.79 Å². The van der Waals surface area contributed by atoms with E-state index in [2.05, 4.69) is 16.0 Å². The number of nitrogens with zero attached hydrogens (tertiary/aromatic N) is 2. The first-order chi connectivity index (χ1) is 10.3. The lowest BCUT2D eigenvalue weighted by Crippen LogP contribution is -1.92. The molecule has 0 amide bonds. The van der Waals surface area contributed by atoms with Crippen molar-refractivity contribution in [1.29, 1.82) is 0 Å². The van der Waals surface area contributed by atoms with Crippen LogP contribution in [0.4, 0.5) is 0 Å². The zero-order valence-electron chi connectivity index (χ0n) is 11.7. The van der Waals surface area contributed by atoms with E-state index in [-0.39, 0.29) is 5.78 Å². The standard InChI is InChI=1S/C18H14N2O/c1-13(21)14-6-8-15(9-7-14)16-4-2-3-5-17(16)18-10-11-19-12-20-18/h2-12H,1H3. The van der Waals surface area contributed by atoms with Crippen LogP contribution in [0.1, 0.15) is 17.3 Å². The summed E-state index contributed by atoms with van der Waals surface area (Å²) < 4.78 is 0. The lowest BCUT2D eigenvalue weighted by molar-refractivity contribution is 0.101. The van der Waals surface area contributed by atoms with Crippen LogP contribution in [0.25, 0.3) is 22.4 Å². The van der Waals surface area contributed by atoms with Gasteiger partial charge in [-0.3, -0.25) is 4.79 Å². The minimum absolute atomic E-state index is 0.0747. The molecule has 102 valence electrons. The molecule has 0 saturated carbocycles. The predicted octanol–water partition coefficient (Wildman–Crippen LogP) is 4.01. The maximum Gasteiger partial charge on any atom is 0.159 e. The molecule has 0 aliphatic rings. The third-order valence-electron chi connectivity index (χ3n) is 3.39. The summed E-state index contributed by atoms with van der Waals surface area (Å²) >= 11 is 0. The SMILES string of the molecule is CC(=O)c1ccc(-c2ccccc2-c2ccncn2)cc1. The smallest absolute Gasteiger partial charge is 0.159 e. The quantitative estimate of drug-likeness (QED) is 0.678. The molecule has 3 aromatic rings. The monoisotopic (exact) mass is 274 g/mol. The number of hydrogen-bond acceptors (Lipinski definition) is 3. The summed E-state index contributed by atoms with van der Waals surface area (Å²) in [7, 11) is 0. The summed E-state index contributed by atoms with van der Waals surface area (Å²) in [5.41, 5.74) is 4.81. The van der Waals surface area contributed by atoms with E-state index in [1.165, 1.54) is 0 Å². The van der Waals surface area contributed by atoms with Crippen LogP contribution in [0.15, 0.2) is 67.1 Å². The van der Waals surface area contributed by atoms with Crippen molar-refractivity contribution in [3.63, 3.8) is 0 Å². The molecular weight excluding hydrogens is 260 g/mol. The molecule has 1 heterocycles. The Bertz CT molecular complexity index is 765. The summed E-state index contributed by atoms with van der Waals surface area (Å²) in [4.78, 5) is 19.6. The molecule has 0 aliphatic carbocycles. The van der Waals surface area contributed by atoms with Gasteiger partial charge in [0, 0.05) is 17.3 Å². The molecule has 1 aromatic heterocycles. The Balaban J connectivity index is 2.09. The highest BCUT2D eigenvalue weighted by Gasteiger charge is 2.08. The lowest BCUT2D eigenvalue weighted by Gasteiger charge is -2.09. The molecule has 3 nitrogen and oxygen atoms in total. The average Bonchev–Trinajstić information content (AvgIpc) is 2.56. The Morgan fingerprint density at radius 1 is 0.905 bits per heavy atom. The topological polar surface area (TPSA) is 42.9 Å². The Morgan fingerprint density at radius 2 is 1.62 bits per heavy atom. The van der Waals surface area contributed by atoms with Gasteiger partial charge in [0.1, 0.15) is 6.33 Å². The molecule has 0 saturated heterocycles. The van der Waals surface area contributed by atoms with Gasteiger partial charge >= 0.3 is 0 Å². The minimum atomic E-state index is 0.0747. The van der Waals surface area contributed by atoms with Crippen molar-refractivity contribution >= 4 is 5.78 Å². The van der Waals surface area contributed by atoms with Gasteiger partial charge in [0.15, 0.2) is 5.78 Å². The maximum atomic E-state index is 11.4. The van der Waals surface area contributed by atoms with Crippen LogP contribution in [0.5, 0.6) is 0 Å². The number of benzene rings is 2. The second-order valence-electron chi connectivity index (χ2n) is 4.77. The van der Waals surface area contributed by atoms with Crippen LogP contribution in [0.2, 0.25) is 0 Å². The molecule has 3 heteroatoms. The second-order valence-corrected chi connectivity index (χ2v) is 4.77. The number of ketones is 1. The van der Waals surface area contributed by atoms with Crippen LogP contribution in [0.3, 0.4) is 0 Å². The van der Waals surface area contributed by atoms with Crippen LogP contribution in [0, 0.1) is 0 Å². The maximum absolute atomic E-state index is 11.4. The first kappa shape index (κ1) is 13.2. The van der Waals surface area contributed by atoms with Crippen LogP contribution in [-0.4, -0.2) is 15.8 Å². The van der Waals surface area contributed by atoms with Gasteiger partial charge in [0.25, 0.3) is 0 Å². The summed E-state index contributed by atoms with van der Waals surface area (Å²) in [5.74, 6) is 0.0747. The van der Waals surface area contributed by atoms with Gasteiger partial charge in [-0.15, -0.1) is 0 Å². The Morgan fingerprint density at radius 3 is 2.24 bits per heavy atom. The van der Waals surface area contributed by atoms with Crippen molar-refractivity contribution in [2.24, 2.45) is 0 Å². The van der Waals surface area contributed by atoms with E-state index < -0.39 is 0 Å². The van der Waals surface area contributed by atoms with E-state index >= 15 is 0 Å². The highest BCUT2D eigenvalue weighted by atomic mass is 16.1. The third-order valence-corrected chi connectivity index (χ3v) is 3.39. The zero-order valence-corrected chi connectivity index (χ0v) is 11.7. The zero-order chi connectivity index (χ0) is 14.7. The van der Waals surface area contributed by atoms with Crippen molar-refractivity contribution in [3.8, 4) is 22.4 Å². The number of rotatable bonds is 3. The summed E-state index contributed by atoms with van der Waals surface area (Å²) in [6.45, 7) is 1.57. The van der Waals surface area contributed by atoms with E-state index in [1.54, 1.807) is 19.4 Å². The molecule has 0 fully saturated rings. The van der Waals surface area contributed by atoms with Crippen LogP contribution >= 0.6 is 0 Å². The largest absolute Gasteiger partial charge is 0.295 e. The molecule has 0 bridgehead atoms. The fourth-order valence-corrected chi connectivity index (χ4v) is 2.29. The Labute approximate surface area is 123 Å². The highest BCUT2D eigenvalue weighted by Crippen LogP contribution is 2.30. The molecule has 0 atom stereocenters. The molecule has 0 unspecified atom stereocenters. The van der Waals surface area contributed by atoms with E-state index in [1.807, 2.05) is 48.5 Å². The van der Waals surface area contributed by atoms with Crippen LogP contribution < -0.4 is 0 Å². The fourth-order valence-electron chi connectivity index (χ4n) is 2.29. The minimum Gasteiger partial charge on any atom is -0.295 e. The van der Waals surface area contributed by atoms with Gasteiger partial charge in [0.05, 0.1) is 5.69 Å². The highest BCUT2D eigenvalue weighted by molar-refractivity contribution is 5.94. The average molecular weight is 274 g/mol. The first-order valence-corrected chi connectivity index (χ1v) is 6.72. The molecule has 0 aliphatic heterocycles. The van der Waals surface area contributed by atoms with E-state index in [4.69, 9.17) is 0 Å². The van der Waals surface area contributed by atoms with Crippen molar-refractivity contribution in [3.05, 3.63) is 72.7 Å². The third kappa shape index (κ3) is 2.72. The molecule has 21 heavy (non-hydrogen) atoms. The molecule has 3 rings (SSSR count). The lowest BCUT2D eigenvalue weighted by atomic mass is 9.96. The molecule has 0 radical (unpaired) electrons. The van der Waals surface area contributed by atoms with Gasteiger partial charge in [-0.05, 0) is 24.1 Å². The van der Waals surface area contributed by atoms with Crippen LogP contribution in [-0.2, 0) is 0 Å². The number of aromatic nitrogens is 2. The molecular formula is C18H14N2O. The molecule has 0 N–H and O–H groups in total. The van der Waals surface area contributed by atoms with Gasteiger partial charge in [-0.2, -0.15) is 0 Å². The van der Waals surface area contributed by atoms with E-state index in [0.717, 1.165) is 27.9 Å². The number of carbonyl (C=O) groups is 1. The first-order valence-electron chi connectivity index (χ1n) is 6.72. The van der Waals surface area contributed by atoms with Crippen molar-refractivity contribution in [2.45, 2.75) is 6.92 Å². The van der Waals surface area contributed by atoms with Gasteiger partial charge in [-0.25, -0.2) is 9.97 Å². The normalized spacial score (nSPS) is 10.3. The van der Waals surface area contributed by atoms with Gasteiger partial charge in [-0.1, -0.05) is 48.5 Å². The van der Waals surface area contributed by atoms with Gasteiger partial charge in [0.2, 0.25) is 0 Å².